The highest BCUT2D eigenvalue weighted by molar-refractivity contribution is 5.84. The Balaban J connectivity index is 1.64. The quantitative estimate of drug-likeness (QED) is 0.782. The van der Waals surface area contributed by atoms with Gasteiger partial charge in [0.2, 0.25) is 0 Å². The van der Waals surface area contributed by atoms with Crippen LogP contribution in [0, 0.1) is 5.92 Å². The zero-order chi connectivity index (χ0) is 14.9. The number of Topliss-reactive ketones (excluding diaryl/α,β-unsaturated/α-hetero) is 1. The number of hydrogen-bond donors (Lipinski definition) is 1. The minimum Gasteiger partial charge on any atom is -0.339 e. The number of anilines is 2. The molecule has 1 saturated carbocycles. The number of ketones is 1. The summed E-state index contributed by atoms with van der Waals surface area (Å²) in [7, 11) is 0. The maximum atomic E-state index is 11.9. The predicted octanol–water partition coefficient (Wildman–Crippen LogP) is 2.39. The van der Waals surface area contributed by atoms with Gasteiger partial charge in [-0.15, -0.1) is 5.10 Å². The second-order valence-electron chi connectivity index (χ2n) is 5.49. The van der Waals surface area contributed by atoms with Gasteiger partial charge in [0.05, 0.1) is 18.3 Å². The number of hydrogen-bond acceptors (Lipinski definition) is 5. The predicted molar refractivity (Wildman–Crippen MR) is 81.9 cm³/mol. The number of nitrogens with zero attached hydrogens (tertiary/aromatic N) is 4. The van der Waals surface area contributed by atoms with Crippen LogP contribution in [0.5, 0.6) is 0 Å². The molecule has 0 aromatic carbocycles. The first-order chi connectivity index (χ1) is 10.8. The van der Waals surface area contributed by atoms with Gasteiger partial charge in [0, 0.05) is 12.1 Å². The van der Waals surface area contributed by atoms with E-state index in [1.165, 1.54) is 0 Å². The Morgan fingerprint density at radius 3 is 2.95 bits per heavy atom. The molecule has 3 heterocycles. The van der Waals surface area contributed by atoms with E-state index in [0.29, 0.717) is 12.2 Å². The van der Waals surface area contributed by atoms with Crippen LogP contribution in [0.3, 0.4) is 0 Å². The van der Waals surface area contributed by atoms with Crippen molar-refractivity contribution in [3.05, 3.63) is 48.5 Å². The maximum Gasteiger partial charge on any atom is 0.159 e. The van der Waals surface area contributed by atoms with Crippen LogP contribution < -0.4 is 5.32 Å². The molecule has 110 valence electrons. The lowest BCUT2D eigenvalue weighted by atomic mass is 10.2. The standard InChI is InChI=1S/C16H15N5O/c22-13(11-6-7-11)9-14-19-16-5-1-4-15(21(16)20-14)18-12-3-2-8-17-10-12/h1-5,8,10-11,18H,6-7,9H2. The van der Waals surface area contributed by atoms with Gasteiger partial charge >= 0.3 is 0 Å². The van der Waals surface area contributed by atoms with Crippen LogP contribution in [0.4, 0.5) is 11.5 Å². The summed E-state index contributed by atoms with van der Waals surface area (Å²) in [6.07, 6.45) is 5.81. The summed E-state index contributed by atoms with van der Waals surface area (Å²) in [5, 5.41) is 7.72. The molecule has 1 N–H and O–H groups in total. The van der Waals surface area contributed by atoms with E-state index in [2.05, 4.69) is 20.4 Å². The van der Waals surface area contributed by atoms with Crippen molar-refractivity contribution < 1.29 is 4.79 Å². The second-order valence-corrected chi connectivity index (χ2v) is 5.49. The van der Waals surface area contributed by atoms with E-state index in [0.717, 1.165) is 30.0 Å². The SMILES string of the molecule is O=C(Cc1nc2cccc(Nc3cccnc3)n2n1)C1CC1. The number of aromatic nitrogens is 4. The summed E-state index contributed by atoms with van der Waals surface area (Å²) in [6.45, 7) is 0. The lowest BCUT2D eigenvalue weighted by Gasteiger charge is -2.06. The van der Waals surface area contributed by atoms with Crippen LogP contribution in [0.1, 0.15) is 18.7 Å². The summed E-state index contributed by atoms with van der Waals surface area (Å²) >= 11 is 0. The molecule has 0 bridgehead atoms. The van der Waals surface area contributed by atoms with E-state index in [4.69, 9.17) is 0 Å². The Morgan fingerprint density at radius 2 is 2.18 bits per heavy atom. The number of rotatable bonds is 5. The van der Waals surface area contributed by atoms with Gasteiger partial charge in [-0.05, 0) is 37.1 Å². The highest BCUT2D eigenvalue weighted by atomic mass is 16.1. The van der Waals surface area contributed by atoms with E-state index < -0.39 is 0 Å². The van der Waals surface area contributed by atoms with Gasteiger partial charge in [0.1, 0.15) is 11.6 Å². The van der Waals surface area contributed by atoms with Gasteiger partial charge < -0.3 is 5.32 Å². The summed E-state index contributed by atoms with van der Waals surface area (Å²) < 4.78 is 1.72. The summed E-state index contributed by atoms with van der Waals surface area (Å²) in [4.78, 5) is 20.4. The molecular weight excluding hydrogens is 278 g/mol. The van der Waals surface area contributed by atoms with Gasteiger partial charge in [-0.25, -0.2) is 4.98 Å². The van der Waals surface area contributed by atoms with Crippen LogP contribution in [-0.2, 0) is 11.2 Å². The molecule has 0 radical (unpaired) electrons. The first-order valence-corrected chi connectivity index (χ1v) is 7.34. The smallest absolute Gasteiger partial charge is 0.159 e. The Morgan fingerprint density at radius 1 is 1.27 bits per heavy atom. The van der Waals surface area contributed by atoms with Crippen LogP contribution in [-0.4, -0.2) is 25.4 Å². The van der Waals surface area contributed by atoms with Crippen molar-refractivity contribution in [1.29, 1.82) is 0 Å². The fourth-order valence-electron chi connectivity index (χ4n) is 2.41. The third-order valence-corrected chi connectivity index (χ3v) is 3.70. The average Bonchev–Trinajstić information content (AvgIpc) is 3.30. The average molecular weight is 293 g/mol. The molecular formula is C16H15N5O. The van der Waals surface area contributed by atoms with Crippen molar-refractivity contribution >= 4 is 22.9 Å². The number of carbonyl (C=O) groups is 1. The van der Waals surface area contributed by atoms with Gasteiger partial charge in [-0.1, -0.05) is 6.07 Å². The lowest BCUT2D eigenvalue weighted by Crippen LogP contribution is -2.06. The Bertz CT molecular complexity index is 823. The Kier molecular flexibility index (Phi) is 3.07. The van der Waals surface area contributed by atoms with Gasteiger partial charge in [-0.3, -0.25) is 9.78 Å². The fourth-order valence-corrected chi connectivity index (χ4v) is 2.41. The van der Waals surface area contributed by atoms with E-state index in [9.17, 15) is 4.79 Å². The van der Waals surface area contributed by atoms with Gasteiger partial charge in [0.15, 0.2) is 11.5 Å². The van der Waals surface area contributed by atoms with Crippen molar-refractivity contribution in [2.75, 3.05) is 5.32 Å². The minimum atomic E-state index is 0.236. The van der Waals surface area contributed by atoms with Gasteiger partial charge in [0.25, 0.3) is 0 Å². The molecule has 0 saturated heterocycles. The minimum absolute atomic E-state index is 0.236. The number of carbonyl (C=O) groups excluding carboxylic acids is 1. The normalized spacial score (nSPS) is 14.2. The van der Waals surface area contributed by atoms with E-state index in [-0.39, 0.29) is 11.7 Å². The summed E-state index contributed by atoms with van der Waals surface area (Å²) in [5.41, 5.74) is 1.61. The number of nitrogens with one attached hydrogen (secondary N) is 1. The fraction of sp³-hybridized carbons (Fsp3) is 0.250. The molecule has 0 unspecified atom stereocenters. The van der Waals surface area contributed by atoms with Crippen molar-refractivity contribution in [2.45, 2.75) is 19.3 Å². The molecule has 3 aromatic rings. The third kappa shape index (κ3) is 2.55. The zero-order valence-electron chi connectivity index (χ0n) is 11.9. The molecule has 3 aromatic heterocycles. The molecule has 6 nitrogen and oxygen atoms in total. The lowest BCUT2D eigenvalue weighted by molar-refractivity contribution is -0.119. The van der Waals surface area contributed by atoms with Crippen LogP contribution >= 0.6 is 0 Å². The van der Waals surface area contributed by atoms with Crippen LogP contribution in [0.15, 0.2) is 42.7 Å². The Hall–Kier alpha value is -2.76. The van der Waals surface area contributed by atoms with Crippen LogP contribution in [0.25, 0.3) is 5.65 Å². The van der Waals surface area contributed by atoms with E-state index in [1.54, 1.807) is 16.9 Å². The number of pyridine rings is 2. The second kappa shape index (κ2) is 5.22. The molecule has 6 heteroatoms. The summed E-state index contributed by atoms with van der Waals surface area (Å²) in [5.74, 6) is 1.86. The molecule has 1 fully saturated rings. The molecule has 1 aliphatic rings. The van der Waals surface area contributed by atoms with Crippen molar-refractivity contribution in [1.82, 2.24) is 19.6 Å². The first-order valence-electron chi connectivity index (χ1n) is 7.34. The van der Waals surface area contributed by atoms with Crippen molar-refractivity contribution in [3.8, 4) is 0 Å². The maximum absolute atomic E-state index is 11.9. The van der Waals surface area contributed by atoms with Crippen molar-refractivity contribution in [2.24, 2.45) is 5.92 Å². The largest absolute Gasteiger partial charge is 0.339 e. The number of fused-ring (bicyclic) bond motifs is 1. The molecule has 22 heavy (non-hydrogen) atoms. The Labute approximate surface area is 127 Å². The summed E-state index contributed by atoms with van der Waals surface area (Å²) in [6, 6.07) is 9.51. The zero-order valence-corrected chi connectivity index (χ0v) is 11.9. The van der Waals surface area contributed by atoms with Gasteiger partial charge in [-0.2, -0.15) is 4.52 Å². The highest BCUT2D eigenvalue weighted by Gasteiger charge is 2.30. The molecule has 0 aliphatic heterocycles. The highest BCUT2D eigenvalue weighted by Crippen LogP contribution is 2.30. The molecule has 0 amide bonds. The topological polar surface area (TPSA) is 72.2 Å². The molecule has 4 rings (SSSR count). The van der Waals surface area contributed by atoms with Crippen LogP contribution in [0.2, 0.25) is 0 Å². The molecule has 1 aliphatic carbocycles. The first kappa shape index (κ1) is 12.9. The van der Waals surface area contributed by atoms with Crippen molar-refractivity contribution in [3.63, 3.8) is 0 Å². The molecule has 0 atom stereocenters. The van der Waals surface area contributed by atoms with E-state index >= 15 is 0 Å². The molecule has 0 spiro atoms. The van der Waals surface area contributed by atoms with E-state index in [1.807, 2.05) is 30.3 Å². The third-order valence-electron chi connectivity index (χ3n) is 3.70. The monoisotopic (exact) mass is 293 g/mol.